The number of hydrogen-bond donors (Lipinski definition) is 1. The Bertz CT molecular complexity index is 1610. The van der Waals surface area contributed by atoms with Crippen molar-refractivity contribution in [1.29, 1.82) is 0 Å². The monoisotopic (exact) mass is 579 g/mol. The van der Waals surface area contributed by atoms with E-state index in [1.54, 1.807) is 0 Å². The van der Waals surface area contributed by atoms with Gasteiger partial charge in [0.1, 0.15) is 5.75 Å². The minimum absolute atomic E-state index is 0.0886. The van der Waals surface area contributed by atoms with Gasteiger partial charge in [-0.3, -0.25) is 10.1 Å². The lowest BCUT2D eigenvalue weighted by Gasteiger charge is -2.45. The number of amides is 1. The molecule has 1 N–H and O–H groups in total. The van der Waals surface area contributed by atoms with Crippen molar-refractivity contribution in [2.75, 3.05) is 0 Å². The molecule has 1 spiro atoms. The number of nitrogens with one attached hydrogen (secondary N) is 1. The van der Waals surface area contributed by atoms with Gasteiger partial charge in [-0.15, -0.1) is 0 Å². The fourth-order valence-corrected chi connectivity index (χ4v) is 6.54. The molecule has 5 nitrogen and oxygen atoms in total. The highest BCUT2D eigenvalue weighted by atomic mass is 79.9. The van der Waals surface area contributed by atoms with Crippen molar-refractivity contribution in [2.45, 2.75) is 18.3 Å². The van der Waals surface area contributed by atoms with Crippen molar-refractivity contribution < 1.29 is 9.53 Å². The van der Waals surface area contributed by atoms with Gasteiger partial charge < -0.3 is 4.74 Å². The number of thioether (sulfide) groups is 1. The van der Waals surface area contributed by atoms with E-state index in [2.05, 4.69) is 75.8 Å². The molecule has 4 aromatic carbocycles. The molecule has 1 fully saturated rings. The van der Waals surface area contributed by atoms with Gasteiger partial charge in [0.05, 0.1) is 16.7 Å². The van der Waals surface area contributed by atoms with Crippen LogP contribution in [0.2, 0.25) is 0 Å². The second kappa shape index (κ2) is 9.19. The number of hydrogen-bond acceptors (Lipinski definition) is 5. The fourth-order valence-electron chi connectivity index (χ4n) is 5.25. The predicted molar refractivity (Wildman–Crippen MR) is 156 cm³/mol. The maximum atomic E-state index is 12.9. The molecule has 7 heteroatoms. The maximum absolute atomic E-state index is 12.9. The Labute approximate surface area is 233 Å². The summed E-state index contributed by atoms with van der Waals surface area (Å²) in [6, 6.07) is 34.7. The van der Waals surface area contributed by atoms with Gasteiger partial charge in [0.15, 0.2) is 0 Å². The zero-order valence-corrected chi connectivity index (χ0v) is 22.6. The second-order valence-electron chi connectivity index (χ2n) is 9.42. The first-order valence-corrected chi connectivity index (χ1v) is 14.0. The van der Waals surface area contributed by atoms with Crippen LogP contribution in [0.25, 0.3) is 17.2 Å². The highest BCUT2D eigenvalue weighted by molar-refractivity contribution is 9.10. The van der Waals surface area contributed by atoms with Crippen molar-refractivity contribution in [3.05, 3.63) is 129 Å². The molecule has 7 rings (SSSR count). The van der Waals surface area contributed by atoms with Gasteiger partial charge in [-0.1, -0.05) is 101 Å². The van der Waals surface area contributed by atoms with E-state index in [4.69, 9.17) is 9.84 Å². The number of fused-ring (bicyclic) bond motifs is 4. The molecule has 2 atom stereocenters. The Morgan fingerprint density at radius 2 is 1.61 bits per heavy atom. The average Bonchev–Trinajstić information content (AvgIpc) is 3.53. The third-order valence-corrected chi connectivity index (χ3v) is 8.45. The molecule has 4 aromatic rings. The van der Waals surface area contributed by atoms with Crippen molar-refractivity contribution in [2.24, 2.45) is 5.10 Å². The van der Waals surface area contributed by atoms with Gasteiger partial charge in [-0.25, -0.2) is 5.01 Å². The number of benzene rings is 4. The molecular weight excluding hydrogens is 558 g/mol. The number of carbonyl (C=O) groups is 1. The van der Waals surface area contributed by atoms with E-state index in [0.29, 0.717) is 6.42 Å². The Morgan fingerprint density at radius 1 is 0.921 bits per heavy atom. The molecule has 38 heavy (non-hydrogen) atoms. The maximum Gasteiger partial charge on any atom is 0.314 e. The van der Waals surface area contributed by atoms with Gasteiger partial charge in [0, 0.05) is 16.5 Å². The first kappa shape index (κ1) is 23.3. The van der Waals surface area contributed by atoms with E-state index in [1.807, 2.05) is 59.6 Å². The average molecular weight is 581 g/mol. The number of rotatable bonds is 3. The van der Waals surface area contributed by atoms with Crippen LogP contribution in [0.5, 0.6) is 5.75 Å². The van der Waals surface area contributed by atoms with E-state index >= 15 is 0 Å². The molecule has 1 amide bonds. The molecule has 0 saturated carbocycles. The van der Waals surface area contributed by atoms with Crippen molar-refractivity contribution in [3.63, 3.8) is 0 Å². The van der Waals surface area contributed by atoms with Crippen LogP contribution in [0.15, 0.2) is 118 Å². The van der Waals surface area contributed by atoms with Crippen LogP contribution in [-0.2, 0) is 0 Å². The predicted octanol–water partition coefficient (Wildman–Crippen LogP) is 7.81. The quantitative estimate of drug-likeness (QED) is 0.269. The largest absolute Gasteiger partial charge is 0.444 e. The van der Waals surface area contributed by atoms with Gasteiger partial charge in [-0.05, 0) is 58.3 Å². The highest BCUT2D eigenvalue weighted by Gasteiger charge is 2.58. The van der Waals surface area contributed by atoms with Gasteiger partial charge >= 0.3 is 5.85 Å². The second-order valence-corrected chi connectivity index (χ2v) is 11.3. The van der Waals surface area contributed by atoms with E-state index in [-0.39, 0.29) is 11.3 Å². The Morgan fingerprint density at radius 3 is 2.34 bits per heavy atom. The van der Waals surface area contributed by atoms with E-state index in [1.165, 1.54) is 0 Å². The van der Waals surface area contributed by atoms with Crippen LogP contribution in [0.3, 0.4) is 0 Å². The van der Waals surface area contributed by atoms with E-state index < -0.39 is 5.85 Å². The first-order chi connectivity index (χ1) is 18.6. The summed E-state index contributed by atoms with van der Waals surface area (Å²) in [6.45, 7) is 0. The van der Waals surface area contributed by atoms with E-state index in [9.17, 15) is 4.79 Å². The van der Waals surface area contributed by atoms with Crippen LogP contribution in [-0.4, -0.2) is 21.8 Å². The lowest BCUT2D eigenvalue weighted by molar-refractivity contribution is -0.0949. The molecule has 0 aliphatic carbocycles. The summed E-state index contributed by atoms with van der Waals surface area (Å²) in [5.74, 6) is -0.478. The number of hydrazone groups is 1. The highest BCUT2D eigenvalue weighted by Crippen LogP contribution is 2.53. The van der Waals surface area contributed by atoms with Crippen molar-refractivity contribution in [3.8, 4) is 16.9 Å². The van der Waals surface area contributed by atoms with Crippen LogP contribution in [0, 0.1) is 0 Å². The Balaban J connectivity index is 1.32. The van der Waals surface area contributed by atoms with Crippen molar-refractivity contribution >= 4 is 44.7 Å². The van der Waals surface area contributed by atoms with E-state index in [0.717, 1.165) is 60.4 Å². The molecule has 186 valence electrons. The first-order valence-electron chi connectivity index (χ1n) is 12.4. The Kier molecular flexibility index (Phi) is 5.64. The standard InChI is InChI=1S/C31H22BrN3O2S/c32-24-15-16-28-25(18-24)27-19-26(23-9-5-2-6-10-23)34-35(27)31(37-28)29(38-30(36)33-31)17-20-11-13-22(14-12-20)21-7-3-1-4-8-21/h1-18,27H,19H2,(H,33,36)/b29-17-. The smallest absolute Gasteiger partial charge is 0.314 e. The summed E-state index contributed by atoms with van der Waals surface area (Å²) in [6.07, 6.45) is 2.73. The number of nitrogens with zero attached hydrogens (tertiary/aromatic N) is 2. The number of ether oxygens (including phenoxy) is 1. The topological polar surface area (TPSA) is 53.9 Å². The molecule has 0 aromatic heterocycles. The molecule has 0 radical (unpaired) electrons. The summed E-state index contributed by atoms with van der Waals surface area (Å²) in [4.78, 5) is 13.7. The number of carbonyl (C=O) groups excluding carboxylic acids is 1. The van der Waals surface area contributed by atoms with Crippen LogP contribution >= 0.6 is 27.7 Å². The third-order valence-electron chi connectivity index (χ3n) is 7.05. The van der Waals surface area contributed by atoms with Crippen LogP contribution < -0.4 is 10.1 Å². The zero-order valence-electron chi connectivity index (χ0n) is 20.2. The molecule has 2 unspecified atom stereocenters. The SMILES string of the molecule is O=C1NC2(Oc3ccc(Br)cc3C3CC(c4ccccc4)=NN32)/C(=C/c2ccc(-c3ccccc3)cc2)S1. The minimum Gasteiger partial charge on any atom is -0.444 e. The summed E-state index contributed by atoms with van der Waals surface area (Å²) in [5.41, 5.74) is 6.35. The van der Waals surface area contributed by atoms with Crippen LogP contribution in [0.1, 0.15) is 29.2 Å². The van der Waals surface area contributed by atoms with Crippen molar-refractivity contribution in [1.82, 2.24) is 10.3 Å². The van der Waals surface area contributed by atoms with Crippen LogP contribution in [0.4, 0.5) is 4.79 Å². The number of halogens is 1. The summed E-state index contributed by atoms with van der Waals surface area (Å²) >= 11 is 4.77. The summed E-state index contributed by atoms with van der Waals surface area (Å²) < 4.78 is 7.63. The molecule has 1 saturated heterocycles. The minimum atomic E-state index is -1.22. The van der Waals surface area contributed by atoms with Gasteiger partial charge in [-0.2, -0.15) is 5.10 Å². The third kappa shape index (κ3) is 3.94. The summed E-state index contributed by atoms with van der Waals surface area (Å²) in [7, 11) is 0. The summed E-state index contributed by atoms with van der Waals surface area (Å²) in [5, 5.41) is 9.95. The molecule has 0 bridgehead atoms. The normalized spacial score (nSPS) is 22.6. The lowest BCUT2D eigenvalue weighted by Crippen LogP contribution is -2.61. The molecule has 3 aliphatic heterocycles. The molecule has 3 heterocycles. The molecular formula is C31H22BrN3O2S. The molecule has 3 aliphatic rings. The Hall–Kier alpha value is -3.81. The zero-order chi connectivity index (χ0) is 25.7. The van der Waals surface area contributed by atoms with Gasteiger partial charge in [0.2, 0.25) is 0 Å². The fraction of sp³-hybridized carbons (Fsp3) is 0.0968. The lowest BCUT2D eigenvalue weighted by atomic mass is 9.95. The van der Waals surface area contributed by atoms with Gasteiger partial charge in [0.25, 0.3) is 5.24 Å².